The molecule has 0 radical (unpaired) electrons. The van der Waals surface area contributed by atoms with Gasteiger partial charge in [0, 0.05) is 23.3 Å². The zero-order valence-corrected chi connectivity index (χ0v) is 18.7. The molecule has 1 heterocycles. The average molecular weight is 467 g/mol. The van der Waals surface area contributed by atoms with Gasteiger partial charge in [-0.05, 0) is 50.6 Å². The Balaban J connectivity index is 1.66. The van der Waals surface area contributed by atoms with E-state index in [0.29, 0.717) is 28.2 Å². The highest BCUT2D eigenvalue weighted by molar-refractivity contribution is 7.99. The van der Waals surface area contributed by atoms with Crippen molar-refractivity contribution < 1.29 is 18.3 Å². The fourth-order valence-corrected chi connectivity index (χ4v) is 3.86. The number of anilines is 1. The van der Waals surface area contributed by atoms with Gasteiger partial charge >= 0.3 is 0 Å². The molecule has 164 valence electrons. The minimum Gasteiger partial charge on any atom is -0.480 e. The summed E-state index contributed by atoms with van der Waals surface area (Å²) in [7, 11) is 0. The molecular weight excluding hydrogens is 446 g/mol. The van der Waals surface area contributed by atoms with Crippen LogP contribution in [0, 0.1) is 18.6 Å². The monoisotopic (exact) mass is 466 g/mol. The van der Waals surface area contributed by atoms with Crippen LogP contribution in [0.2, 0.25) is 5.02 Å². The highest BCUT2D eigenvalue weighted by Crippen LogP contribution is 2.27. The Morgan fingerprint density at radius 3 is 2.77 bits per heavy atom. The smallest absolute Gasteiger partial charge is 0.234 e. The number of nitrogens with zero attached hydrogens (tertiary/aromatic N) is 3. The Bertz CT molecular complexity index is 1090. The summed E-state index contributed by atoms with van der Waals surface area (Å²) in [6.07, 6.45) is -0.635. The van der Waals surface area contributed by atoms with Crippen LogP contribution in [0.15, 0.2) is 41.6 Å². The van der Waals surface area contributed by atoms with Crippen LogP contribution in [0.5, 0.6) is 5.75 Å². The quantitative estimate of drug-likeness (QED) is 0.449. The van der Waals surface area contributed by atoms with E-state index in [1.807, 2.05) is 13.8 Å². The molecule has 31 heavy (non-hydrogen) atoms. The number of halogens is 3. The molecule has 0 aliphatic carbocycles. The second kappa shape index (κ2) is 10.1. The number of carbonyl (C=O) groups excluding carboxylic acids is 1. The number of carbonyl (C=O) groups is 1. The molecule has 1 N–H and O–H groups in total. The van der Waals surface area contributed by atoms with Crippen molar-refractivity contribution in [3.8, 4) is 5.75 Å². The largest absolute Gasteiger partial charge is 0.480 e. The second-order valence-electron chi connectivity index (χ2n) is 6.67. The van der Waals surface area contributed by atoms with Crippen molar-refractivity contribution in [3.63, 3.8) is 0 Å². The molecule has 1 atom stereocenters. The molecule has 1 unspecified atom stereocenters. The van der Waals surface area contributed by atoms with Crippen LogP contribution in [0.1, 0.15) is 31.3 Å². The lowest BCUT2D eigenvalue weighted by Crippen LogP contribution is -2.16. The van der Waals surface area contributed by atoms with Gasteiger partial charge in [-0.3, -0.25) is 4.79 Å². The number of aromatic nitrogens is 3. The summed E-state index contributed by atoms with van der Waals surface area (Å²) in [5.74, 6) is -1.17. The highest BCUT2D eigenvalue weighted by Gasteiger charge is 2.21. The molecular formula is C21H21ClF2N4O2S. The number of ether oxygens (including phenoxy) is 1. The maximum Gasteiger partial charge on any atom is 0.234 e. The van der Waals surface area contributed by atoms with Crippen molar-refractivity contribution in [1.82, 2.24) is 14.8 Å². The van der Waals surface area contributed by atoms with Crippen LogP contribution in [-0.2, 0) is 11.3 Å². The first kappa shape index (κ1) is 23.0. The van der Waals surface area contributed by atoms with Gasteiger partial charge in [-0.15, -0.1) is 10.2 Å². The normalized spacial score (nSPS) is 11.9. The van der Waals surface area contributed by atoms with Crippen molar-refractivity contribution in [1.29, 1.82) is 0 Å². The summed E-state index contributed by atoms with van der Waals surface area (Å²) < 4.78 is 34.4. The van der Waals surface area contributed by atoms with Crippen LogP contribution in [-0.4, -0.2) is 26.4 Å². The van der Waals surface area contributed by atoms with Crippen LogP contribution in [0.3, 0.4) is 0 Å². The summed E-state index contributed by atoms with van der Waals surface area (Å²) in [5, 5.41) is 12.2. The number of benzene rings is 2. The molecule has 0 saturated heterocycles. The Kier molecular flexibility index (Phi) is 7.50. The van der Waals surface area contributed by atoms with E-state index in [-0.39, 0.29) is 17.4 Å². The van der Waals surface area contributed by atoms with Gasteiger partial charge in [0.05, 0.1) is 5.75 Å². The molecule has 1 amide bonds. The zero-order chi connectivity index (χ0) is 22.5. The molecule has 0 spiro atoms. The maximum absolute atomic E-state index is 13.9. The molecule has 3 rings (SSSR count). The van der Waals surface area contributed by atoms with Gasteiger partial charge in [-0.2, -0.15) is 0 Å². The van der Waals surface area contributed by atoms with Gasteiger partial charge in [0.2, 0.25) is 5.91 Å². The number of thioether (sulfide) groups is 1. The van der Waals surface area contributed by atoms with Crippen molar-refractivity contribution in [2.24, 2.45) is 0 Å². The van der Waals surface area contributed by atoms with Crippen molar-refractivity contribution >= 4 is 35.0 Å². The van der Waals surface area contributed by atoms with Gasteiger partial charge in [0.15, 0.2) is 28.7 Å². The molecule has 3 aromatic rings. The Labute approximate surface area is 188 Å². The molecule has 10 heteroatoms. The predicted molar refractivity (Wildman–Crippen MR) is 117 cm³/mol. The lowest BCUT2D eigenvalue weighted by Gasteiger charge is -2.16. The predicted octanol–water partition coefficient (Wildman–Crippen LogP) is 5.41. The number of nitrogens with one attached hydrogen (secondary N) is 1. The molecule has 0 aliphatic heterocycles. The van der Waals surface area contributed by atoms with Crippen molar-refractivity contribution in [3.05, 3.63) is 64.4 Å². The molecule has 0 fully saturated rings. The Morgan fingerprint density at radius 1 is 1.29 bits per heavy atom. The van der Waals surface area contributed by atoms with Crippen molar-refractivity contribution in [2.75, 3.05) is 11.1 Å². The van der Waals surface area contributed by atoms with E-state index in [1.165, 1.54) is 17.8 Å². The fraction of sp³-hybridized carbons (Fsp3) is 0.286. The minimum atomic E-state index is -0.794. The van der Waals surface area contributed by atoms with Gasteiger partial charge in [0.25, 0.3) is 0 Å². The van der Waals surface area contributed by atoms with E-state index >= 15 is 0 Å². The average Bonchev–Trinajstić information content (AvgIpc) is 3.15. The van der Waals surface area contributed by atoms with E-state index in [2.05, 4.69) is 15.5 Å². The number of hydrogen-bond donors (Lipinski definition) is 1. The molecule has 6 nitrogen and oxygen atoms in total. The summed E-state index contributed by atoms with van der Waals surface area (Å²) in [5.41, 5.74) is 1.44. The summed E-state index contributed by atoms with van der Waals surface area (Å²) in [6, 6.07) is 8.41. The van der Waals surface area contributed by atoms with Gasteiger partial charge in [0.1, 0.15) is 5.82 Å². The zero-order valence-electron chi connectivity index (χ0n) is 17.2. The van der Waals surface area contributed by atoms with Crippen LogP contribution >= 0.6 is 23.4 Å². The minimum absolute atomic E-state index is 0.0787. The maximum atomic E-state index is 13.9. The first-order chi connectivity index (χ1) is 14.8. The van der Waals surface area contributed by atoms with E-state index in [0.717, 1.165) is 17.7 Å². The van der Waals surface area contributed by atoms with Gasteiger partial charge < -0.3 is 14.6 Å². The van der Waals surface area contributed by atoms with E-state index < -0.39 is 17.7 Å². The standard InChI is InChI=1S/C21H21ClF2N4O2S/c1-4-28-20(13(3)30-18-9-8-14(23)10-16(18)24)26-27-21(28)31-11-19(29)25-17-7-5-6-15(22)12(17)2/h5-10,13H,4,11H2,1-3H3,(H,25,29). The lowest BCUT2D eigenvalue weighted by molar-refractivity contribution is -0.113. The van der Waals surface area contributed by atoms with Crippen molar-refractivity contribution in [2.45, 2.75) is 38.6 Å². The van der Waals surface area contributed by atoms with Crippen LogP contribution in [0.25, 0.3) is 0 Å². The summed E-state index contributed by atoms with van der Waals surface area (Å²) in [4.78, 5) is 12.4. The van der Waals surface area contributed by atoms with E-state index in [1.54, 1.807) is 29.7 Å². The Morgan fingerprint density at radius 2 is 2.06 bits per heavy atom. The SMILES string of the molecule is CCn1c(SCC(=O)Nc2cccc(Cl)c2C)nnc1C(C)Oc1ccc(F)cc1F. The topological polar surface area (TPSA) is 69.0 Å². The number of hydrogen-bond acceptors (Lipinski definition) is 5. The first-order valence-electron chi connectivity index (χ1n) is 9.52. The third-order valence-electron chi connectivity index (χ3n) is 4.50. The molecule has 0 aliphatic rings. The molecule has 0 saturated carbocycles. The second-order valence-corrected chi connectivity index (χ2v) is 8.02. The van der Waals surface area contributed by atoms with E-state index in [4.69, 9.17) is 16.3 Å². The fourth-order valence-electron chi connectivity index (χ4n) is 2.88. The Hall–Kier alpha value is -2.65. The van der Waals surface area contributed by atoms with Crippen LogP contribution < -0.4 is 10.1 Å². The first-order valence-corrected chi connectivity index (χ1v) is 10.9. The summed E-state index contributed by atoms with van der Waals surface area (Å²) in [6.45, 7) is 5.95. The summed E-state index contributed by atoms with van der Waals surface area (Å²) >= 11 is 7.31. The van der Waals surface area contributed by atoms with Crippen LogP contribution in [0.4, 0.5) is 14.5 Å². The molecule has 1 aromatic heterocycles. The lowest BCUT2D eigenvalue weighted by atomic mass is 10.2. The number of amides is 1. The van der Waals surface area contributed by atoms with Gasteiger partial charge in [-0.1, -0.05) is 29.4 Å². The third kappa shape index (κ3) is 5.54. The molecule has 2 aromatic carbocycles. The van der Waals surface area contributed by atoms with Gasteiger partial charge in [-0.25, -0.2) is 8.78 Å². The third-order valence-corrected chi connectivity index (χ3v) is 5.87. The van der Waals surface area contributed by atoms with E-state index in [9.17, 15) is 13.6 Å². The highest BCUT2D eigenvalue weighted by atomic mass is 35.5. The number of rotatable bonds is 8. The molecule has 0 bridgehead atoms.